The molecule has 3 nitrogen and oxygen atoms in total. The van der Waals surface area contributed by atoms with Crippen LogP contribution >= 0.6 is 11.6 Å². The van der Waals surface area contributed by atoms with Crippen LogP contribution in [0.15, 0.2) is 24.3 Å². The molecule has 1 saturated heterocycles. The number of halogens is 1. The fourth-order valence-electron chi connectivity index (χ4n) is 2.68. The van der Waals surface area contributed by atoms with Gasteiger partial charge in [0, 0.05) is 18.1 Å². The standard InChI is InChI=1S/C16H23ClN2O/c1-12-4-3-9-19(11-12)13(2)16(20)18-10-14-5-7-15(17)8-6-14/h5-8,12-13H,3-4,9-11H2,1-2H3,(H,18,20)/t12-,13+/m1/s1. The van der Waals surface area contributed by atoms with Gasteiger partial charge in [0.2, 0.25) is 5.91 Å². The summed E-state index contributed by atoms with van der Waals surface area (Å²) in [5.74, 6) is 0.796. The fraction of sp³-hybridized carbons (Fsp3) is 0.562. The van der Waals surface area contributed by atoms with Gasteiger partial charge in [-0.3, -0.25) is 9.69 Å². The monoisotopic (exact) mass is 294 g/mol. The molecule has 1 aliphatic rings. The molecule has 0 saturated carbocycles. The Morgan fingerprint density at radius 3 is 2.80 bits per heavy atom. The molecule has 2 rings (SSSR count). The number of benzene rings is 1. The van der Waals surface area contributed by atoms with Gasteiger partial charge in [0.25, 0.3) is 0 Å². The zero-order chi connectivity index (χ0) is 14.5. The number of rotatable bonds is 4. The summed E-state index contributed by atoms with van der Waals surface area (Å²) in [6, 6.07) is 7.52. The second kappa shape index (κ2) is 7.09. The second-order valence-electron chi connectivity index (χ2n) is 5.76. The van der Waals surface area contributed by atoms with Crippen molar-refractivity contribution >= 4 is 17.5 Å². The van der Waals surface area contributed by atoms with Crippen LogP contribution in [0.4, 0.5) is 0 Å². The molecule has 110 valence electrons. The third-order valence-corrected chi connectivity index (χ3v) is 4.25. The molecule has 0 aliphatic carbocycles. The van der Waals surface area contributed by atoms with E-state index >= 15 is 0 Å². The minimum atomic E-state index is -0.0509. The van der Waals surface area contributed by atoms with Crippen molar-refractivity contribution in [1.82, 2.24) is 10.2 Å². The average molecular weight is 295 g/mol. The van der Waals surface area contributed by atoms with Crippen molar-refractivity contribution in [2.75, 3.05) is 13.1 Å². The van der Waals surface area contributed by atoms with Crippen molar-refractivity contribution in [3.05, 3.63) is 34.9 Å². The van der Waals surface area contributed by atoms with Gasteiger partial charge < -0.3 is 5.32 Å². The Morgan fingerprint density at radius 2 is 2.15 bits per heavy atom. The highest BCUT2D eigenvalue weighted by Crippen LogP contribution is 2.17. The van der Waals surface area contributed by atoms with E-state index in [1.165, 1.54) is 12.8 Å². The van der Waals surface area contributed by atoms with Gasteiger partial charge in [-0.1, -0.05) is 30.7 Å². The molecular weight excluding hydrogens is 272 g/mol. The highest BCUT2D eigenvalue weighted by Gasteiger charge is 2.25. The Balaban J connectivity index is 1.83. The van der Waals surface area contributed by atoms with Crippen molar-refractivity contribution in [2.45, 2.75) is 39.3 Å². The van der Waals surface area contributed by atoms with Gasteiger partial charge in [0.15, 0.2) is 0 Å². The van der Waals surface area contributed by atoms with Gasteiger partial charge in [-0.2, -0.15) is 0 Å². The predicted octanol–water partition coefficient (Wildman–Crippen LogP) is 3.08. The normalized spacial score (nSPS) is 21.4. The van der Waals surface area contributed by atoms with E-state index < -0.39 is 0 Å². The number of nitrogens with zero attached hydrogens (tertiary/aromatic N) is 1. The van der Waals surface area contributed by atoms with E-state index in [0.29, 0.717) is 12.5 Å². The van der Waals surface area contributed by atoms with E-state index in [-0.39, 0.29) is 11.9 Å². The predicted molar refractivity (Wildman–Crippen MR) is 82.7 cm³/mol. The minimum Gasteiger partial charge on any atom is -0.351 e. The first-order valence-corrected chi connectivity index (χ1v) is 7.70. The number of nitrogens with one attached hydrogen (secondary N) is 1. The summed E-state index contributed by atoms with van der Waals surface area (Å²) >= 11 is 5.85. The van der Waals surface area contributed by atoms with Gasteiger partial charge >= 0.3 is 0 Å². The first kappa shape index (κ1) is 15.3. The van der Waals surface area contributed by atoms with Crippen LogP contribution in [0.2, 0.25) is 5.02 Å². The molecule has 1 aliphatic heterocycles. The third kappa shape index (κ3) is 4.22. The maximum absolute atomic E-state index is 12.2. The molecule has 0 bridgehead atoms. The lowest BCUT2D eigenvalue weighted by atomic mass is 9.99. The quantitative estimate of drug-likeness (QED) is 0.925. The number of hydrogen-bond acceptors (Lipinski definition) is 2. The molecule has 1 aromatic carbocycles. The Kier molecular flexibility index (Phi) is 5.44. The zero-order valence-electron chi connectivity index (χ0n) is 12.2. The Labute approximate surface area is 126 Å². The minimum absolute atomic E-state index is 0.0509. The molecule has 1 aromatic rings. The Morgan fingerprint density at radius 1 is 1.45 bits per heavy atom. The summed E-state index contributed by atoms with van der Waals surface area (Å²) < 4.78 is 0. The molecule has 1 N–H and O–H groups in total. The van der Waals surface area contributed by atoms with Crippen molar-refractivity contribution in [1.29, 1.82) is 0 Å². The van der Waals surface area contributed by atoms with E-state index in [4.69, 9.17) is 11.6 Å². The number of likely N-dealkylation sites (tertiary alicyclic amines) is 1. The molecule has 0 radical (unpaired) electrons. The van der Waals surface area contributed by atoms with Crippen molar-refractivity contribution < 1.29 is 4.79 Å². The highest BCUT2D eigenvalue weighted by atomic mass is 35.5. The van der Waals surface area contributed by atoms with Gasteiger partial charge in [0.05, 0.1) is 6.04 Å². The van der Waals surface area contributed by atoms with Crippen LogP contribution in [0.1, 0.15) is 32.3 Å². The first-order chi connectivity index (χ1) is 9.56. The van der Waals surface area contributed by atoms with E-state index in [1.807, 2.05) is 31.2 Å². The summed E-state index contributed by atoms with van der Waals surface area (Å²) in [4.78, 5) is 14.5. The fourth-order valence-corrected chi connectivity index (χ4v) is 2.81. The molecule has 1 amide bonds. The highest BCUT2D eigenvalue weighted by molar-refractivity contribution is 6.30. The molecular formula is C16H23ClN2O. The lowest BCUT2D eigenvalue weighted by Crippen LogP contribution is -2.48. The summed E-state index contributed by atoms with van der Waals surface area (Å²) in [6.45, 7) is 6.86. The van der Waals surface area contributed by atoms with E-state index in [0.717, 1.165) is 23.7 Å². The number of carbonyl (C=O) groups excluding carboxylic acids is 1. The van der Waals surface area contributed by atoms with E-state index in [9.17, 15) is 4.79 Å². The molecule has 1 heterocycles. The number of carbonyl (C=O) groups is 1. The van der Waals surface area contributed by atoms with E-state index in [1.54, 1.807) is 0 Å². The summed E-state index contributed by atoms with van der Waals surface area (Å²) in [5.41, 5.74) is 1.07. The third-order valence-electron chi connectivity index (χ3n) is 4.00. The largest absolute Gasteiger partial charge is 0.351 e. The summed E-state index contributed by atoms with van der Waals surface area (Å²) in [6.07, 6.45) is 2.46. The number of piperidine rings is 1. The SMILES string of the molecule is C[C@@H]1CCCN([C@@H](C)C(=O)NCc2ccc(Cl)cc2)C1. The molecule has 1 fully saturated rings. The van der Waals surface area contributed by atoms with Gasteiger partial charge in [-0.25, -0.2) is 0 Å². The average Bonchev–Trinajstić information content (AvgIpc) is 2.45. The van der Waals surface area contributed by atoms with Crippen LogP contribution in [-0.4, -0.2) is 29.9 Å². The van der Waals surface area contributed by atoms with Gasteiger partial charge in [0.1, 0.15) is 0 Å². The maximum Gasteiger partial charge on any atom is 0.237 e. The van der Waals surface area contributed by atoms with Crippen LogP contribution in [-0.2, 0) is 11.3 Å². The lowest BCUT2D eigenvalue weighted by Gasteiger charge is -2.34. The van der Waals surface area contributed by atoms with Crippen LogP contribution in [0.3, 0.4) is 0 Å². The molecule has 0 unspecified atom stereocenters. The van der Waals surface area contributed by atoms with Crippen LogP contribution in [0.25, 0.3) is 0 Å². The second-order valence-corrected chi connectivity index (χ2v) is 6.20. The molecule has 4 heteroatoms. The van der Waals surface area contributed by atoms with Gasteiger partial charge in [-0.15, -0.1) is 0 Å². The Hall–Kier alpha value is -1.06. The number of hydrogen-bond donors (Lipinski definition) is 1. The zero-order valence-corrected chi connectivity index (χ0v) is 13.0. The lowest BCUT2D eigenvalue weighted by molar-refractivity contribution is -0.126. The van der Waals surface area contributed by atoms with Crippen molar-refractivity contribution in [3.63, 3.8) is 0 Å². The van der Waals surface area contributed by atoms with Gasteiger partial charge in [-0.05, 0) is 49.9 Å². The van der Waals surface area contributed by atoms with Crippen LogP contribution < -0.4 is 5.32 Å². The van der Waals surface area contributed by atoms with Crippen LogP contribution in [0.5, 0.6) is 0 Å². The van der Waals surface area contributed by atoms with Crippen LogP contribution in [0, 0.1) is 5.92 Å². The summed E-state index contributed by atoms with van der Waals surface area (Å²) in [7, 11) is 0. The smallest absolute Gasteiger partial charge is 0.237 e. The topological polar surface area (TPSA) is 32.3 Å². The Bertz CT molecular complexity index is 446. The number of amides is 1. The summed E-state index contributed by atoms with van der Waals surface area (Å²) in [5, 5.41) is 3.72. The van der Waals surface area contributed by atoms with Crippen molar-refractivity contribution in [2.24, 2.45) is 5.92 Å². The molecule has 20 heavy (non-hydrogen) atoms. The molecule has 0 aromatic heterocycles. The van der Waals surface area contributed by atoms with Crippen molar-refractivity contribution in [3.8, 4) is 0 Å². The first-order valence-electron chi connectivity index (χ1n) is 7.32. The molecule has 0 spiro atoms. The molecule has 2 atom stereocenters. The van der Waals surface area contributed by atoms with E-state index in [2.05, 4.69) is 17.1 Å². The maximum atomic E-state index is 12.2.